The zero-order valence-electron chi connectivity index (χ0n) is 16.7. The molecule has 2 heterocycles. The molecule has 7 heteroatoms. The number of urea groups is 1. The first-order valence-corrected chi connectivity index (χ1v) is 9.90. The lowest BCUT2D eigenvalue weighted by molar-refractivity contribution is 0.187. The van der Waals surface area contributed by atoms with Crippen molar-refractivity contribution in [1.82, 2.24) is 9.88 Å². The van der Waals surface area contributed by atoms with Gasteiger partial charge in [0.25, 0.3) is 0 Å². The topological polar surface area (TPSA) is 76.8 Å². The average molecular weight is 395 g/mol. The molecule has 2 amide bonds. The average Bonchev–Trinajstić information content (AvgIpc) is 3.19. The highest BCUT2D eigenvalue weighted by Gasteiger charge is 2.28. The van der Waals surface area contributed by atoms with E-state index in [0.717, 1.165) is 23.9 Å². The van der Waals surface area contributed by atoms with Gasteiger partial charge in [0.1, 0.15) is 5.52 Å². The Hall–Kier alpha value is -3.22. The summed E-state index contributed by atoms with van der Waals surface area (Å²) in [5, 5.41) is 2.96. The molecular weight excluding hydrogens is 370 g/mol. The van der Waals surface area contributed by atoms with Gasteiger partial charge >= 0.3 is 6.03 Å². The zero-order valence-corrected chi connectivity index (χ0v) is 16.7. The van der Waals surface area contributed by atoms with Gasteiger partial charge in [-0.3, -0.25) is 0 Å². The Bertz CT molecular complexity index is 968. The summed E-state index contributed by atoms with van der Waals surface area (Å²) < 4.78 is 16.8. The van der Waals surface area contributed by atoms with E-state index in [9.17, 15) is 4.79 Å². The van der Waals surface area contributed by atoms with Crippen molar-refractivity contribution in [3.63, 3.8) is 0 Å². The van der Waals surface area contributed by atoms with Crippen molar-refractivity contribution in [2.45, 2.75) is 25.7 Å². The van der Waals surface area contributed by atoms with E-state index in [1.165, 1.54) is 0 Å². The van der Waals surface area contributed by atoms with E-state index in [1.807, 2.05) is 42.2 Å². The van der Waals surface area contributed by atoms with Gasteiger partial charge in [-0.1, -0.05) is 12.1 Å². The number of oxazole rings is 1. The van der Waals surface area contributed by atoms with Crippen LogP contribution in [0, 0.1) is 0 Å². The molecule has 1 aliphatic heterocycles. The summed E-state index contributed by atoms with van der Waals surface area (Å²) in [6.45, 7) is 3.71. The molecule has 29 heavy (non-hydrogen) atoms. The third kappa shape index (κ3) is 4.13. The second-order valence-corrected chi connectivity index (χ2v) is 7.03. The number of carbonyl (C=O) groups excluding carboxylic acids is 1. The summed E-state index contributed by atoms with van der Waals surface area (Å²) in [5.41, 5.74) is 2.31. The quantitative estimate of drug-likeness (QED) is 0.681. The highest BCUT2D eigenvalue weighted by atomic mass is 16.5. The van der Waals surface area contributed by atoms with Gasteiger partial charge in [-0.25, -0.2) is 9.78 Å². The van der Waals surface area contributed by atoms with Crippen LogP contribution in [0.15, 0.2) is 46.9 Å². The van der Waals surface area contributed by atoms with Crippen molar-refractivity contribution in [3.8, 4) is 11.5 Å². The Labute approximate surface area is 169 Å². The van der Waals surface area contributed by atoms with Gasteiger partial charge in [0.05, 0.1) is 19.6 Å². The molecule has 7 nitrogen and oxygen atoms in total. The number of piperidine rings is 1. The highest BCUT2D eigenvalue weighted by Crippen LogP contribution is 2.32. The van der Waals surface area contributed by atoms with Crippen LogP contribution in [0.5, 0.6) is 11.5 Å². The molecule has 0 bridgehead atoms. The monoisotopic (exact) mass is 395 g/mol. The number of fused-ring (bicyclic) bond motifs is 1. The minimum Gasteiger partial charge on any atom is -0.493 e. The first-order chi connectivity index (χ1) is 14.2. The molecule has 1 N–H and O–H groups in total. The van der Waals surface area contributed by atoms with E-state index < -0.39 is 0 Å². The molecular formula is C22H25N3O4. The Kier molecular flexibility index (Phi) is 5.55. The summed E-state index contributed by atoms with van der Waals surface area (Å²) >= 11 is 0. The smallest absolute Gasteiger partial charge is 0.321 e. The molecule has 3 aromatic rings. The maximum Gasteiger partial charge on any atom is 0.321 e. The molecule has 0 radical (unpaired) electrons. The van der Waals surface area contributed by atoms with Gasteiger partial charge in [0.15, 0.2) is 23.0 Å². The fourth-order valence-electron chi connectivity index (χ4n) is 3.65. The number of rotatable bonds is 5. The van der Waals surface area contributed by atoms with E-state index in [1.54, 1.807) is 19.2 Å². The van der Waals surface area contributed by atoms with Crippen molar-refractivity contribution in [3.05, 3.63) is 48.4 Å². The third-order valence-electron chi connectivity index (χ3n) is 5.08. The van der Waals surface area contributed by atoms with Crippen LogP contribution in [0.2, 0.25) is 0 Å². The molecule has 2 aromatic carbocycles. The summed E-state index contributed by atoms with van der Waals surface area (Å²) in [6.07, 6.45) is 1.86. The van der Waals surface area contributed by atoms with E-state index in [2.05, 4.69) is 10.3 Å². The van der Waals surface area contributed by atoms with Gasteiger partial charge in [-0.05, 0) is 44.0 Å². The first-order valence-electron chi connectivity index (χ1n) is 9.90. The van der Waals surface area contributed by atoms with Crippen LogP contribution in [0.25, 0.3) is 11.1 Å². The van der Waals surface area contributed by atoms with Crippen molar-refractivity contribution < 1.29 is 18.7 Å². The molecule has 1 aliphatic rings. The molecule has 152 valence electrons. The second kappa shape index (κ2) is 8.43. The number of likely N-dealkylation sites (tertiary alicyclic amines) is 1. The number of amides is 2. The molecule has 1 atom stereocenters. The summed E-state index contributed by atoms with van der Waals surface area (Å²) in [5.74, 6) is 2.04. The molecule has 0 spiro atoms. The molecule has 1 aromatic heterocycles. The number of ether oxygens (including phenoxy) is 2. The molecule has 0 saturated carbocycles. The lowest BCUT2D eigenvalue weighted by Crippen LogP contribution is -2.41. The predicted molar refractivity (Wildman–Crippen MR) is 111 cm³/mol. The SMILES string of the molecule is CCOc1cc(NC(=O)N2CCCC(c3nc4ccccc4o3)C2)ccc1OC. The maximum atomic E-state index is 12.8. The van der Waals surface area contributed by atoms with Crippen LogP contribution in [0.3, 0.4) is 0 Å². The second-order valence-electron chi connectivity index (χ2n) is 7.03. The number of nitrogens with one attached hydrogen (secondary N) is 1. The number of benzene rings is 2. The number of anilines is 1. The number of aromatic nitrogens is 1. The standard InChI is InChI=1S/C22H25N3O4/c1-3-28-20-13-16(10-11-19(20)27-2)23-22(26)25-12-6-7-15(14-25)21-24-17-8-4-5-9-18(17)29-21/h4-5,8-11,13,15H,3,6-7,12,14H2,1-2H3,(H,23,26). The van der Waals surface area contributed by atoms with Crippen LogP contribution in [0.1, 0.15) is 31.6 Å². The largest absolute Gasteiger partial charge is 0.493 e. The van der Waals surface area contributed by atoms with Crippen molar-refractivity contribution in [1.29, 1.82) is 0 Å². The van der Waals surface area contributed by atoms with Gasteiger partial charge < -0.3 is 24.1 Å². The van der Waals surface area contributed by atoms with Gasteiger partial charge in [-0.2, -0.15) is 0 Å². The third-order valence-corrected chi connectivity index (χ3v) is 5.08. The van der Waals surface area contributed by atoms with E-state index in [4.69, 9.17) is 13.9 Å². The molecule has 4 rings (SSSR count). The predicted octanol–water partition coefficient (Wildman–Crippen LogP) is 4.65. The number of nitrogens with zero attached hydrogens (tertiary/aromatic N) is 2. The number of hydrogen-bond acceptors (Lipinski definition) is 5. The number of para-hydroxylation sites is 2. The first kappa shape index (κ1) is 19.1. The summed E-state index contributed by atoms with van der Waals surface area (Å²) in [4.78, 5) is 19.3. The summed E-state index contributed by atoms with van der Waals surface area (Å²) in [6, 6.07) is 13.0. The van der Waals surface area contributed by atoms with Crippen molar-refractivity contribution >= 4 is 22.8 Å². The number of hydrogen-bond donors (Lipinski definition) is 1. The Balaban J connectivity index is 1.45. The number of carbonyl (C=O) groups is 1. The fraction of sp³-hybridized carbons (Fsp3) is 0.364. The van der Waals surface area contributed by atoms with E-state index in [0.29, 0.717) is 42.8 Å². The minimum absolute atomic E-state index is 0.0942. The molecule has 1 unspecified atom stereocenters. The lowest BCUT2D eigenvalue weighted by Gasteiger charge is -2.31. The van der Waals surface area contributed by atoms with Crippen LogP contribution in [-0.2, 0) is 0 Å². The maximum absolute atomic E-state index is 12.8. The van der Waals surface area contributed by atoms with Gasteiger partial charge in [0, 0.05) is 24.8 Å². The lowest BCUT2D eigenvalue weighted by atomic mass is 9.98. The normalized spacial score (nSPS) is 16.6. The molecule has 1 fully saturated rings. The van der Waals surface area contributed by atoms with Crippen molar-refractivity contribution in [2.24, 2.45) is 0 Å². The van der Waals surface area contributed by atoms with Crippen LogP contribution in [-0.4, -0.2) is 42.7 Å². The summed E-state index contributed by atoms with van der Waals surface area (Å²) in [7, 11) is 1.59. The van der Waals surface area contributed by atoms with E-state index in [-0.39, 0.29) is 11.9 Å². The Morgan fingerprint density at radius 2 is 2.14 bits per heavy atom. The number of methoxy groups -OCH3 is 1. The van der Waals surface area contributed by atoms with Crippen molar-refractivity contribution in [2.75, 3.05) is 32.1 Å². The fourth-order valence-corrected chi connectivity index (χ4v) is 3.65. The molecule has 1 saturated heterocycles. The van der Waals surface area contributed by atoms with Gasteiger partial charge in [-0.15, -0.1) is 0 Å². The van der Waals surface area contributed by atoms with Crippen LogP contribution in [0.4, 0.5) is 10.5 Å². The highest BCUT2D eigenvalue weighted by molar-refractivity contribution is 5.89. The van der Waals surface area contributed by atoms with E-state index >= 15 is 0 Å². The Morgan fingerprint density at radius 1 is 1.28 bits per heavy atom. The van der Waals surface area contributed by atoms with Crippen LogP contribution >= 0.6 is 0 Å². The molecule has 0 aliphatic carbocycles. The van der Waals surface area contributed by atoms with Gasteiger partial charge in [0.2, 0.25) is 0 Å². The Morgan fingerprint density at radius 3 is 2.93 bits per heavy atom. The zero-order chi connectivity index (χ0) is 20.2. The van der Waals surface area contributed by atoms with Crippen LogP contribution < -0.4 is 14.8 Å². The minimum atomic E-state index is -0.140.